The van der Waals surface area contributed by atoms with Gasteiger partial charge in [0.25, 0.3) is 0 Å². The second kappa shape index (κ2) is 13.6. The Bertz CT molecular complexity index is 883. The van der Waals surface area contributed by atoms with Crippen molar-refractivity contribution in [1.82, 2.24) is 15.5 Å². The molecule has 0 radical (unpaired) electrons. The van der Waals surface area contributed by atoms with Crippen LogP contribution in [0, 0.1) is 6.92 Å². The number of rotatable bonds is 8. The number of nitrogens with zero attached hydrogens (tertiary/aromatic N) is 3. The maximum Gasteiger partial charge on any atom is 0.191 e. The molecule has 8 heteroatoms. The van der Waals surface area contributed by atoms with E-state index in [4.69, 9.17) is 9.47 Å². The number of aryl methyl sites for hydroxylation is 1. The fourth-order valence-electron chi connectivity index (χ4n) is 3.92. The van der Waals surface area contributed by atoms with E-state index in [9.17, 15) is 0 Å². The Hall–Kier alpha value is -2.04. The van der Waals surface area contributed by atoms with Crippen molar-refractivity contribution in [3.05, 3.63) is 59.2 Å². The van der Waals surface area contributed by atoms with Crippen molar-refractivity contribution in [1.29, 1.82) is 0 Å². The molecule has 1 fully saturated rings. The summed E-state index contributed by atoms with van der Waals surface area (Å²) in [5.74, 6) is 1.67. The van der Waals surface area contributed by atoms with Crippen molar-refractivity contribution >= 4 is 35.6 Å². The van der Waals surface area contributed by atoms with Crippen molar-refractivity contribution in [2.24, 2.45) is 4.99 Å². The number of nitrogens with one attached hydrogen (secondary N) is 2. The van der Waals surface area contributed by atoms with Crippen molar-refractivity contribution in [2.45, 2.75) is 19.5 Å². The third-order valence-corrected chi connectivity index (χ3v) is 5.96. The molecule has 1 aliphatic rings. The molecule has 0 saturated carbocycles. The van der Waals surface area contributed by atoms with Gasteiger partial charge in [-0.3, -0.25) is 9.89 Å². The monoisotopic (exact) mass is 567 g/mol. The number of halogens is 1. The molecule has 2 N–H and O–H groups in total. The van der Waals surface area contributed by atoms with Gasteiger partial charge in [0, 0.05) is 53.0 Å². The molecule has 0 spiro atoms. The van der Waals surface area contributed by atoms with Crippen molar-refractivity contribution < 1.29 is 9.47 Å². The summed E-state index contributed by atoms with van der Waals surface area (Å²) in [6.07, 6.45) is 0. The predicted octanol–water partition coefficient (Wildman–Crippen LogP) is 3.43. The molecule has 2 aromatic rings. The van der Waals surface area contributed by atoms with Crippen LogP contribution in [0.15, 0.2) is 47.5 Å². The highest BCUT2D eigenvalue weighted by Gasteiger charge is 2.23. The van der Waals surface area contributed by atoms with Gasteiger partial charge in [0.1, 0.15) is 5.75 Å². The molecule has 7 nitrogen and oxygen atoms in total. The SMILES string of the molecule is CN=C(NCc1ccc(N(C)C)cc1C)NCC(c1ccc(OC)cc1)N1CCOCC1.I. The third-order valence-electron chi connectivity index (χ3n) is 5.96. The van der Waals surface area contributed by atoms with Crippen LogP contribution in [0.1, 0.15) is 22.7 Å². The lowest BCUT2D eigenvalue weighted by Crippen LogP contribution is -2.46. The Morgan fingerprint density at radius 1 is 1.12 bits per heavy atom. The summed E-state index contributed by atoms with van der Waals surface area (Å²) in [7, 11) is 7.63. The molecule has 0 aliphatic carbocycles. The minimum absolute atomic E-state index is 0. The molecule has 1 unspecified atom stereocenters. The van der Waals surface area contributed by atoms with Gasteiger partial charge < -0.3 is 25.0 Å². The molecule has 1 heterocycles. The van der Waals surface area contributed by atoms with E-state index in [2.05, 4.69) is 76.8 Å². The lowest BCUT2D eigenvalue weighted by molar-refractivity contribution is 0.0170. The van der Waals surface area contributed by atoms with Crippen molar-refractivity contribution in [2.75, 3.05) is 66.0 Å². The van der Waals surface area contributed by atoms with Gasteiger partial charge in [-0.2, -0.15) is 0 Å². The maximum atomic E-state index is 5.57. The van der Waals surface area contributed by atoms with E-state index >= 15 is 0 Å². The molecular weight excluding hydrogens is 529 g/mol. The van der Waals surface area contributed by atoms with E-state index in [1.54, 1.807) is 7.11 Å². The number of guanidine groups is 1. The number of aliphatic imine (C=N–C) groups is 1. The van der Waals surface area contributed by atoms with E-state index in [1.165, 1.54) is 22.4 Å². The average molecular weight is 568 g/mol. The van der Waals surface area contributed by atoms with Crippen LogP contribution < -0.4 is 20.3 Å². The van der Waals surface area contributed by atoms with Crippen LogP contribution in [0.2, 0.25) is 0 Å². The minimum Gasteiger partial charge on any atom is -0.497 e. The summed E-state index contributed by atoms with van der Waals surface area (Å²) in [6, 6.07) is 15.1. The minimum atomic E-state index is 0. The summed E-state index contributed by atoms with van der Waals surface area (Å²) < 4.78 is 10.9. The topological polar surface area (TPSA) is 61.4 Å². The summed E-state index contributed by atoms with van der Waals surface area (Å²) in [6.45, 7) is 7.00. The lowest BCUT2D eigenvalue weighted by Gasteiger charge is -2.35. The molecule has 3 rings (SSSR count). The normalized spacial score (nSPS) is 15.4. The molecule has 2 aromatic carbocycles. The smallest absolute Gasteiger partial charge is 0.191 e. The van der Waals surface area contributed by atoms with Gasteiger partial charge in [0.05, 0.1) is 26.4 Å². The highest BCUT2D eigenvalue weighted by molar-refractivity contribution is 14.0. The van der Waals surface area contributed by atoms with Gasteiger partial charge in [-0.05, 0) is 47.9 Å². The van der Waals surface area contributed by atoms with Crippen LogP contribution in [0.25, 0.3) is 0 Å². The first-order valence-corrected chi connectivity index (χ1v) is 11.2. The summed E-state index contributed by atoms with van der Waals surface area (Å²) in [5.41, 5.74) is 4.99. The molecule has 0 bridgehead atoms. The number of benzene rings is 2. The van der Waals surface area contributed by atoms with Crippen LogP contribution in [0.4, 0.5) is 5.69 Å². The molecule has 1 saturated heterocycles. The van der Waals surface area contributed by atoms with Gasteiger partial charge in [0.15, 0.2) is 5.96 Å². The number of hydrogen-bond acceptors (Lipinski definition) is 5. The Morgan fingerprint density at radius 2 is 1.82 bits per heavy atom. The number of hydrogen-bond donors (Lipinski definition) is 2. The third kappa shape index (κ3) is 7.75. The van der Waals surface area contributed by atoms with Crippen LogP contribution >= 0.6 is 24.0 Å². The second-order valence-corrected chi connectivity index (χ2v) is 8.25. The largest absolute Gasteiger partial charge is 0.497 e. The van der Waals surface area contributed by atoms with Crippen molar-refractivity contribution in [3.8, 4) is 5.75 Å². The number of morpholine rings is 1. The highest BCUT2D eigenvalue weighted by atomic mass is 127. The Morgan fingerprint density at radius 3 is 2.39 bits per heavy atom. The first-order valence-electron chi connectivity index (χ1n) is 11.2. The Balaban J connectivity index is 0.00000385. The molecule has 182 valence electrons. The van der Waals surface area contributed by atoms with Gasteiger partial charge in [0.2, 0.25) is 0 Å². The number of ether oxygens (including phenoxy) is 2. The first-order chi connectivity index (χ1) is 15.5. The van der Waals surface area contributed by atoms with Crippen molar-refractivity contribution in [3.63, 3.8) is 0 Å². The quantitative estimate of drug-likeness (QED) is 0.290. The molecule has 0 aromatic heterocycles. The van der Waals surface area contributed by atoms with E-state index in [1.807, 2.05) is 19.2 Å². The van der Waals surface area contributed by atoms with E-state index < -0.39 is 0 Å². The number of methoxy groups -OCH3 is 1. The molecule has 1 atom stereocenters. The van der Waals surface area contributed by atoms with Crippen LogP contribution in [-0.4, -0.2) is 72.0 Å². The van der Waals surface area contributed by atoms with Gasteiger partial charge in [-0.1, -0.05) is 18.2 Å². The summed E-state index contributed by atoms with van der Waals surface area (Å²) >= 11 is 0. The fourth-order valence-corrected chi connectivity index (χ4v) is 3.92. The van der Waals surface area contributed by atoms with Gasteiger partial charge in [-0.25, -0.2) is 0 Å². The molecule has 1 aliphatic heterocycles. The van der Waals surface area contributed by atoms with Gasteiger partial charge >= 0.3 is 0 Å². The van der Waals surface area contributed by atoms with Crippen LogP contribution in [-0.2, 0) is 11.3 Å². The molecule has 33 heavy (non-hydrogen) atoms. The zero-order valence-electron chi connectivity index (χ0n) is 20.4. The standard InChI is InChI=1S/C25H37N5O2.HI/c1-19-16-22(29(3)4)9-6-21(19)17-27-25(26-2)28-18-24(30-12-14-32-15-13-30)20-7-10-23(31-5)11-8-20;/h6-11,16,24H,12-15,17-18H2,1-5H3,(H2,26,27,28);1H. The Kier molecular flexibility index (Phi) is 11.2. The van der Waals surface area contributed by atoms with Crippen LogP contribution in [0.5, 0.6) is 5.75 Å². The van der Waals surface area contributed by atoms with Crippen LogP contribution in [0.3, 0.4) is 0 Å². The molecular formula is C25H38IN5O2. The highest BCUT2D eigenvalue weighted by Crippen LogP contribution is 2.24. The van der Waals surface area contributed by atoms with E-state index in [0.717, 1.165) is 51.1 Å². The van der Waals surface area contributed by atoms with E-state index in [-0.39, 0.29) is 30.0 Å². The Labute approximate surface area is 215 Å². The van der Waals surface area contributed by atoms with E-state index in [0.29, 0.717) is 0 Å². The predicted molar refractivity (Wildman–Crippen MR) is 147 cm³/mol. The fraction of sp³-hybridized carbons (Fsp3) is 0.480. The lowest BCUT2D eigenvalue weighted by atomic mass is 10.0. The summed E-state index contributed by atoms with van der Waals surface area (Å²) in [4.78, 5) is 9.03. The second-order valence-electron chi connectivity index (χ2n) is 8.25. The number of anilines is 1. The summed E-state index contributed by atoms with van der Waals surface area (Å²) in [5, 5.41) is 7.00. The first kappa shape index (κ1) is 27.2. The zero-order chi connectivity index (χ0) is 22.9. The molecule has 0 amide bonds. The zero-order valence-corrected chi connectivity index (χ0v) is 22.8. The average Bonchev–Trinajstić information content (AvgIpc) is 2.82. The maximum absolute atomic E-state index is 5.57. The van der Waals surface area contributed by atoms with Gasteiger partial charge in [-0.15, -0.1) is 24.0 Å².